The number of aromatic nitrogens is 3. The predicted octanol–water partition coefficient (Wildman–Crippen LogP) is 4.17. The number of carbonyl (C=O) groups is 1. The zero-order valence-corrected chi connectivity index (χ0v) is 18.8. The molecule has 4 rings (SSSR count). The summed E-state index contributed by atoms with van der Waals surface area (Å²) in [6, 6.07) is 6.06. The van der Waals surface area contributed by atoms with Gasteiger partial charge in [-0.05, 0) is 62.6 Å². The van der Waals surface area contributed by atoms with E-state index in [0.29, 0.717) is 52.8 Å². The van der Waals surface area contributed by atoms with Gasteiger partial charge in [-0.1, -0.05) is 6.58 Å². The molecule has 9 nitrogen and oxygen atoms in total. The Morgan fingerprint density at radius 3 is 2.79 bits per heavy atom. The van der Waals surface area contributed by atoms with E-state index < -0.39 is 17.7 Å². The molecule has 1 saturated heterocycles. The monoisotopic (exact) mass is 469 g/mol. The molecule has 11 heteroatoms. The number of halogens is 2. The number of imidazole rings is 1. The number of benzene rings is 1. The molecule has 2 amide bonds. The van der Waals surface area contributed by atoms with Crippen LogP contribution in [0.5, 0.6) is 0 Å². The third-order valence-electron chi connectivity index (χ3n) is 5.65. The van der Waals surface area contributed by atoms with Gasteiger partial charge < -0.3 is 15.1 Å². The highest BCUT2D eigenvalue weighted by atomic mass is 19.1. The van der Waals surface area contributed by atoms with Gasteiger partial charge in [0.05, 0.1) is 17.9 Å². The van der Waals surface area contributed by atoms with E-state index >= 15 is 0 Å². The average Bonchev–Trinajstić information content (AvgIpc) is 3.45. The van der Waals surface area contributed by atoms with Gasteiger partial charge in [-0.15, -0.1) is 5.10 Å². The lowest BCUT2D eigenvalue weighted by Crippen LogP contribution is -2.30. The van der Waals surface area contributed by atoms with E-state index in [-0.39, 0.29) is 6.04 Å². The van der Waals surface area contributed by atoms with Crippen molar-refractivity contribution in [3.8, 4) is 0 Å². The van der Waals surface area contributed by atoms with Crippen LogP contribution in [0.4, 0.5) is 25.2 Å². The molecule has 1 fully saturated rings. The maximum Gasteiger partial charge on any atom is 0.325 e. The van der Waals surface area contributed by atoms with Crippen molar-refractivity contribution in [3.63, 3.8) is 0 Å². The molecule has 1 aliphatic heterocycles. The summed E-state index contributed by atoms with van der Waals surface area (Å²) < 4.78 is 29.7. The van der Waals surface area contributed by atoms with Gasteiger partial charge in [-0.25, -0.2) is 18.6 Å². The fourth-order valence-electron chi connectivity index (χ4n) is 4.05. The number of allylic oxidation sites excluding steroid dienone is 2. The predicted molar refractivity (Wildman–Crippen MR) is 124 cm³/mol. The van der Waals surface area contributed by atoms with Gasteiger partial charge in [0.1, 0.15) is 23.2 Å². The van der Waals surface area contributed by atoms with Crippen molar-refractivity contribution in [2.24, 2.45) is 5.90 Å². The largest absolute Gasteiger partial charge is 0.414 e. The number of fused-ring (bicyclic) bond motifs is 1. The minimum Gasteiger partial charge on any atom is -0.414 e. The topological polar surface area (TPSA) is 110 Å². The number of nitrogens with zero attached hydrogens (tertiary/aromatic N) is 4. The lowest BCUT2D eigenvalue weighted by atomic mass is 10.0. The fourth-order valence-corrected chi connectivity index (χ4v) is 4.05. The molecule has 0 spiro atoms. The maximum absolute atomic E-state index is 14.5. The van der Waals surface area contributed by atoms with Crippen molar-refractivity contribution in [1.29, 1.82) is 0 Å². The van der Waals surface area contributed by atoms with Crippen LogP contribution < -0.4 is 21.4 Å². The molecule has 0 aliphatic carbocycles. The van der Waals surface area contributed by atoms with Crippen molar-refractivity contribution in [2.45, 2.75) is 32.7 Å². The van der Waals surface area contributed by atoms with Crippen molar-refractivity contribution in [3.05, 3.63) is 77.3 Å². The third kappa shape index (κ3) is 4.55. The Hall–Kier alpha value is -3.99. The van der Waals surface area contributed by atoms with Crippen LogP contribution in [0, 0.1) is 11.6 Å². The van der Waals surface area contributed by atoms with Crippen LogP contribution >= 0.6 is 0 Å². The average molecular weight is 469 g/mol. The standard InChI is InChI=1S/C23H25F2N7O2/c1-13(2)22(14(3)34-26)29-23(33)28-21-12-27-19-8-9-20(30-32(19)21)31-10-4-5-18(31)16-11-15(24)6-7-17(16)25/h6-9,11-12,18H,1,4-5,10,26H2,2-3H3,(H2,28,29,33)/b22-14+/t18-/m1/s1. The van der Waals surface area contributed by atoms with Crippen LogP contribution in [0.25, 0.3) is 5.65 Å². The molecule has 0 bridgehead atoms. The van der Waals surface area contributed by atoms with E-state index in [0.717, 1.165) is 18.6 Å². The van der Waals surface area contributed by atoms with Crippen molar-refractivity contribution < 1.29 is 18.4 Å². The van der Waals surface area contributed by atoms with Crippen molar-refractivity contribution >= 4 is 23.3 Å². The van der Waals surface area contributed by atoms with Crippen LogP contribution in [-0.4, -0.2) is 27.2 Å². The van der Waals surface area contributed by atoms with Gasteiger partial charge in [0.2, 0.25) is 0 Å². The molecule has 1 aromatic carbocycles. The number of urea groups is 1. The summed E-state index contributed by atoms with van der Waals surface area (Å²) in [5.41, 5.74) is 1.70. The molecule has 3 heterocycles. The SMILES string of the molecule is C=C(C)/C(NC(=O)Nc1cnc2ccc(N3CCC[C@@H]3c3cc(F)ccc3F)nn12)=C(/C)ON. The summed E-state index contributed by atoms with van der Waals surface area (Å²) >= 11 is 0. The second kappa shape index (κ2) is 9.48. The summed E-state index contributed by atoms with van der Waals surface area (Å²) in [6.45, 7) is 7.73. The Morgan fingerprint density at radius 2 is 2.06 bits per heavy atom. The fraction of sp³-hybridized carbons (Fsp3) is 0.261. The highest BCUT2D eigenvalue weighted by molar-refractivity contribution is 5.90. The number of nitrogens with two attached hydrogens (primary N) is 1. The van der Waals surface area contributed by atoms with Crippen LogP contribution in [-0.2, 0) is 4.84 Å². The number of carbonyl (C=O) groups excluding carboxylic acids is 1. The quantitative estimate of drug-likeness (QED) is 0.284. The summed E-state index contributed by atoms with van der Waals surface area (Å²) in [5.74, 6) is 5.41. The Bertz CT molecular complexity index is 1290. The number of hydrogen-bond acceptors (Lipinski definition) is 6. The zero-order valence-electron chi connectivity index (χ0n) is 18.8. The first-order valence-corrected chi connectivity index (χ1v) is 10.7. The number of nitrogens with one attached hydrogen (secondary N) is 2. The summed E-state index contributed by atoms with van der Waals surface area (Å²) in [6.07, 6.45) is 2.93. The number of amides is 2. The third-order valence-corrected chi connectivity index (χ3v) is 5.65. The molecular weight excluding hydrogens is 444 g/mol. The molecule has 178 valence electrons. The first-order chi connectivity index (χ1) is 16.3. The van der Waals surface area contributed by atoms with Crippen molar-refractivity contribution in [2.75, 3.05) is 16.8 Å². The minimum atomic E-state index is -0.565. The molecule has 1 atom stereocenters. The van der Waals surface area contributed by atoms with E-state index in [9.17, 15) is 13.6 Å². The molecule has 0 saturated carbocycles. The number of anilines is 2. The molecule has 3 aromatic rings. The minimum absolute atomic E-state index is 0.291. The summed E-state index contributed by atoms with van der Waals surface area (Å²) in [5, 5.41) is 9.95. The van der Waals surface area contributed by atoms with Gasteiger partial charge in [-0.2, -0.15) is 10.4 Å². The highest BCUT2D eigenvalue weighted by Gasteiger charge is 2.30. The van der Waals surface area contributed by atoms with Gasteiger partial charge >= 0.3 is 6.03 Å². The molecule has 34 heavy (non-hydrogen) atoms. The summed E-state index contributed by atoms with van der Waals surface area (Å²) in [7, 11) is 0. The van der Waals surface area contributed by atoms with E-state index in [1.807, 2.05) is 4.90 Å². The highest BCUT2D eigenvalue weighted by Crippen LogP contribution is 2.36. The number of hydrogen-bond donors (Lipinski definition) is 3. The van der Waals surface area contributed by atoms with E-state index in [1.165, 1.54) is 16.8 Å². The van der Waals surface area contributed by atoms with Gasteiger partial charge in [-0.3, -0.25) is 5.32 Å². The van der Waals surface area contributed by atoms with Gasteiger partial charge in [0.15, 0.2) is 11.5 Å². The van der Waals surface area contributed by atoms with Crippen LogP contribution in [0.3, 0.4) is 0 Å². The maximum atomic E-state index is 14.5. The second-order valence-electron chi connectivity index (χ2n) is 8.03. The van der Waals surface area contributed by atoms with Crippen molar-refractivity contribution in [1.82, 2.24) is 19.9 Å². The number of rotatable bonds is 6. The molecule has 4 N–H and O–H groups in total. The van der Waals surface area contributed by atoms with Gasteiger partial charge in [0.25, 0.3) is 0 Å². The second-order valence-corrected chi connectivity index (χ2v) is 8.03. The van der Waals surface area contributed by atoms with Crippen LogP contribution in [0.2, 0.25) is 0 Å². The lowest BCUT2D eigenvalue weighted by Gasteiger charge is -2.26. The smallest absolute Gasteiger partial charge is 0.325 e. The van der Waals surface area contributed by atoms with E-state index in [2.05, 4.69) is 27.3 Å². The normalized spacial score (nSPS) is 16.4. The van der Waals surface area contributed by atoms with E-state index in [4.69, 9.17) is 10.7 Å². The van der Waals surface area contributed by atoms with Crippen LogP contribution in [0.1, 0.15) is 38.3 Å². The first kappa shape index (κ1) is 23.2. The Kier molecular flexibility index (Phi) is 6.46. The van der Waals surface area contributed by atoms with E-state index in [1.54, 1.807) is 26.0 Å². The Labute approximate surface area is 194 Å². The zero-order chi connectivity index (χ0) is 24.4. The Balaban J connectivity index is 1.61. The molecular formula is C23H25F2N7O2. The lowest BCUT2D eigenvalue weighted by molar-refractivity contribution is 0.216. The molecule has 2 aromatic heterocycles. The summed E-state index contributed by atoms with van der Waals surface area (Å²) in [4.78, 5) is 23.5. The molecule has 0 radical (unpaired) electrons. The molecule has 0 unspecified atom stereocenters. The van der Waals surface area contributed by atoms with Crippen LogP contribution in [0.15, 0.2) is 60.1 Å². The first-order valence-electron chi connectivity index (χ1n) is 10.7. The molecule has 1 aliphatic rings. The Morgan fingerprint density at radius 1 is 1.26 bits per heavy atom. The van der Waals surface area contributed by atoms with Gasteiger partial charge in [0, 0.05) is 12.1 Å².